The van der Waals surface area contributed by atoms with Crippen LogP contribution in [0.2, 0.25) is 0 Å². The van der Waals surface area contributed by atoms with E-state index in [0.717, 1.165) is 12.8 Å². The fourth-order valence-corrected chi connectivity index (χ4v) is 1.03. The molecular weight excluding hydrogens is 182 g/mol. The van der Waals surface area contributed by atoms with E-state index in [1.165, 1.54) is 0 Å². The first-order chi connectivity index (χ1) is 6.72. The highest BCUT2D eigenvalue weighted by Gasteiger charge is 2.12. The Morgan fingerprint density at radius 3 is 2.71 bits per heavy atom. The fraction of sp³-hybridized carbons (Fsp3) is 0.900. The lowest BCUT2D eigenvalue weighted by atomic mass is 10.1. The molecule has 0 spiro atoms. The summed E-state index contributed by atoms with van der Waals surface area (Å²) >= 11 is 0. The molecule has 4 heteroatoms. The molecule has 0 aromatic carbocycles. The number of rotatable bonds is 8. The van der Waals surface area contributed by atoms with Gasteiger partial charge in [-0.2, -0.15) is 0 Å². The summed E-state index contributed by atoms with van der Waals surface area (Å²) in [6.07, 6.45) is 1.66. The maximum atomic E-state index is 11.3. The van der Waals surface area contributed by atoms with Crippen molar-refractivity contribution >= 4 is 5.97 Å². The van der Waals surface area contributed by atoms with Gasteiger partial charge in [0.2, 0.25) is 0 Å². The van der Waals surface area contributed by atoms with Crippen molar-refractivity contribution in [1.29, 1.82) is 0 Å². The van der Waals surface area contributed by atoms with Gasteiger partial charge in [-0.25, -0.2) is 0 Å². The molecule has 0 aliphatic heterocycles. The Morgan fingerprint density at radius 1 is 1.43 bits per heavy atom. The molecule has 0 radical (unpaired) electrons. The third-order valence-electron chi connectivity index (χ3n) is 1.92. The zero-order chi connectivity index (χ0) is 10.8. The molecule has 0 aliphatic rings. The van der Waals surface area contributed by atoms with Crippen LogP contribution in [0.15, 0.2) is 0 Å². The van der Waals surface area contributed by atoms with Crippen LogP contribution in [0.1, 0.15) is 26.7 Å². The Kier molecular flexibility index (Phi) is 8.57. The third kappa shape index (κ3) is 6.86. The monoisotopic (exact) mass is 203 g/mol. The van der Waals surface area contributed by atoms with Crippen LogP contribution >= 0.6 is 0 Å². The van der Waals surface area contributed by atoms with Gasteiger partial charge in [0.15, 0.2) is 0 Å². The highest BCUT2D eigenvalue weighted by atomic mass is 16.6. The lowest BCUT2D eigenvalue weighted by molar-refractivity contribution is -0.149. The Balaban J connectivity index is 3.42. The Labute approximate surface area is 85.8 Å². The topological polar surface area (TPSA) is 61.5 Å². The Bertz CT molecular complexity index is 150. The second kappa shape index (κ2) is 8.97. The van der Waals surface area contributed by atoms with Crippen LogP contribution in [0, 0.1) is 5.92 Å². The summed E-state index contributed by atoms with van der Waals surface area (Å²) in [5.41, 5.74) is 5.34. The number of hydrogen-bond donors (Lipinski definition) is 1. The molecule has 4 nitrogen and oxygen atoms in total. The van der Waals surface area contributed by atoms with Gasteiger partial charge in [-0.3, -0.25) is 4.79 Å². The molecule has 2 N–H and O–H groups in total. The van der Waals surface area contributed by atoms with E-state index in [2.05, 4.69) is 0 Å². The lowest BCUT2D eigenvalue weighted by Gasteiger charge is -2.10. The van der Waals surface area contributed by atoms with Crippen LogP contribution < -0.4 is 5.73 Å². The first kappa shape index (κ1) is 13.4. The molecule has 14 heavy (non-hydrogen) atoms. The molecule has 0 rings (SSSR count). The fourth-order valence-electron chi connectivity index (χ4n) is 1.03. The van der Waals surface area contributed by atoms with E-state index in [9.17, 15) is 4.79 Å². The molecule has 0 fully saturated rings. The number of nitrogens with two attached hydrogens (primary N) is 1. The minimum Gasteiger partial charge on any atom is -0.463 e. The summed E-state index contributed by atoms with van der Waals surface area (Å²) in [4.78, 5) is 11.3. The van der Waals surface area contributed by atoms with Gasteiger partial charge in [-0.15, -0.1) is 0 Å². The average Bonchev–Trinajstić information content (AvgIpc) is 2.20. The zero-order valence-corrected chi connectivity index (χ0v) is 9.12. The molecule has 84 valence electrons. The van der Waals surface area contributed by atoms with E-state index >= 15 is 0 Å². The van der Waals surface area contributed by atoms with E-state index in [1.807, 2.05) is 13.8 Å². The predicted octanol–water partition coefficient (Wildman–Crippen LogP) is 0.941. The van der Waals surface area contributed by atoms with Crippen molar-refractivity contribution < 1.29 is 14.3 Å². The van der Waals surface area contributed by atoms with Crippen molar-refractivity contribution in [3.63, 3.8) is 0 Å². The molecule has 1 atom stereocenters. The highest BCUT2D eigenvalue weighted by molar-refractivity contribution is 5.71. The normalized spacial score (nSPS) is 12.5. The number of ether oxygens (including phenoxy) is 2. The van der Waals surface area contributed by atoms with E-state index in [0.29, 0.717) is 26.4 Å². The maximum absolute atomic E-state index is 11.3. The zero-order valence-electron chi connectivity index (χ0n) is 9.12. The first-order valence-corrected chi connectivity index (χ1v) is 5.16. The van der Waals surface area contributed by atoms with Crippen molar-refractivity contribution in [3.05, 3.63) is 0 Å². The SMILES string of the molecule is CCOCCOC(=O)C(C)CCCN. The molecule has 0 aromatic rings. The minimum atomic E-state index is -0.154. The lowest BCUT2D eigenvalue weighted by Crippen LogP contribution is -2.18. The van der Waals surface area contributed by atoms with Crippen molar-refractivity contribution in [2.24, 2.45) is 11.7 Å². The standard InChI is InChI=1S/C10H21NO3/c1-3-13-7-8-14-10(12)9(2)5-4-6-11/h9H,3-8,11H2,1-2H3. The van der Waals surface area contributed by atoms with Crippen LogP contribution in [0.4, 0.5) is 0 Å². The summed E-state index contributed by atoms with van der Waals surface area (Å²) in [6.45, 7) is 5.87. The summed E-state index contributed by atoms with van der Waals surface area (Å²) in [5, 5.41) is 0. The largest absolute Gasteiger partial charge is 0.463 e. The molecule has 0 aromatic heterocycles. The molecule has 0 saturated carbocycles. The van der Waals surface area contributed by atoms with Gasteiger partial charge in [0, 0.05) is 6.61 Å². The van der Waals surface area contributed by atoms with Gasteiger partial charge in [0.05, 0.1) is 12.5 Å². The molecule has 0 amide bonds. The third-order valence-corrected chi connectivity index (χ3v) is 1.92. The van der Waals surface area contributed by atoms with Crippen LogP contribution in [-0.2, 0) is 14.3 Å². The number of hydrogen-bond acceptors (Lipinski definition) is 4. The van der Waals surface area contributed by atoms with Crippen molar-refractivity contribution in [1.82, 2.24) is 0 Å². The van der Waals surface area contributed by atoms with Crippen LogP contribution in [0.5, 0.6) is 0 Å². The van der Waals surface area contributed by atoms with Gasteiger partial charge in [-0.1, -0.05) is 6.92 Å². The number of carbonyl (C=O) groups is 1. The summed E-state index contributed by atoms with van der Waals surface area (Å²) in [5.74, 6) is -0.210. The van der Waals surface area contributed by atoms with E-state index in [-0.39, 0.29) is 11.9 Å². The van der Waals surface area contributed by atoms with Gasteiger partial charge in [-0.05, 0) is 26.3 Å². The van der Waals surface area contributed by atoms with E-state index < -0.39 is 0 Å². The summed E-state index contributed by atoms with van der Waals surface area (Å²) in [6, 6.07) is 0. The van der Waals surface area contributed by atoms with E-state index in [4.69, 9.17) is 15.2 Å². The molecule has 0 bridgehead atoms. The first-order valence-electron chi connectivity index (χ1n) is 5.16. The predicted molar refractivity (Wildman–Crippen MR) is 54.9 cm³/mol. The Hall–Kier alpha value is -0.610. The van der Waals surface area contributed by atoms with Gasteiger partial charge < -0.3 is 15.2 Å². The smallest absolute Gasteiger partial charge is 0.308 e. The summed E-state index contributed by atoms with van der Waals surface area (Å²) in [7, 11) is 0. The number of esters is 1. The minimum absolute atomic E-state index is 0.0554. The van der Waals surface area contributed by atoms with Crippen LogP contribution in [0.3, 0.4) is 0 Å². The van der Waals surface area contributed by atoms with Crippen molar-refractivity contribution in [2.45, 2.75) is 26.7 Å². The molecular formula is C10H21NO3. The van der Waals surface area contributed by atoms with Gasteiger partial charge in [0.1, 0.15) is 6.61 Å². The van der Waals surface area contributed by atoms with Gasteiger partial charge in [0.25, 0.3) is 0 Å². The van der Waals surface area contributed by atoms with Crippen molar-refractivity contribution in [3.8, 4) is 0 Å². The van der Waals surface area contributed by atoms with E-state index in [1.54, 1.807) is 0 Å². The molecule has 1 unspecified atom stereocenters. The Morgan fingerprint density at radius 2 is 2.14 bits per heavy atom. The quantitative estimate of drug-likeness (QED) is 0.471. The van der Waals surface area contributed by atoms with Crippen molar-refractivity contribution in [2.75, 3.05) is 26.4 Å². The molecule has 0 saturated heterocycles. The van der Waals surface area contributed by atoms with Crippen LogP contribution in [-0.4, -0.2) is 32.3 Å². The molecule has 0 aliphatic carbocycles. The van der Waals surface area contributed by atoms with Crippen LogP contribution in [0.25, 0.3) is 0 Å². The highest BCUT2D eigenvalue weighted by Crippen LogP contribution is 2.06. The summed E-state index contributed by atoms with van der Waals surface area (Å²) < 4.78 is 10.0. The second-order valence-corrected chi connectivity index (χ2v) is 3.20. The number of carbonyl (C=O) groups excluding carboxylic acids is 1. The average molecular weight is 203 g/mol. The maximum Gasteiger partial charge on any atom is 0.308 e. The second-order valence-electron chi connectivity index (χ2n) is 3.20. The molecule has 0 heterocycles. The van der Waals surface area contributed by atoms with Gasteiger partial charge >= 0.3 is 5.97 Å².